The number of carboxylic acids is 1. The fourth-order valence-electron chi connectivity index (χ4n) is 7.69. The molecule has 0 aromatic heterocycles. The molecule has 4 rings (SSSR count). The zero-order valence-corrected chi connectivity index (χ0v) is 36.2. The third kappa shape index (κ3) is 12.2. The Labute approximate surface area is 348 Å². The van der Waals surface area contributed by atoms with Gasteiger partial charge in [0.15, 0.2) is 5.71 Å². The van der Waals surface area contributed by atoms with E-state index >= 15 is 0 Å². The van der Waals surface area contributed by atoms with Crippen molar-refractivity contribution in [2.75, 3.05) is 85.6 Å². The van der Waals surface area contributed by atoms with Crippen LogP contribution in [0.15, 0.2) is 82.3 Å². The maximum Gasteiger partial charge on any atom is 0.303 e. The molecule has 326 valence electrons. The first-order valence-corrected chi connectivity index (χ1v) is 22.4. The molecule has 2 aliphatic heterocycles. The number of aliphatic carboxylic acids is 1. The number of nitrogens with zero attached hydrogens (tertiary/aromatic N) is 2. The summed E-state index contributed by atoms with van der Waals surface area (Å²) in [7, 11) is -4.45. The molecular formula is C42H58N2O13S2. The molecule has 0 amide bonds. The molecule has 2 N–H and O–H groups in total. The van der Waals surface area contributed by atoms with Crippen LogP contribution in [0.5, 0.6) is 0 Å². The molecule has 0 fully saturated rings. The molecule has 0 aliphatic carbocycles. The molecule has 0 spiro atoms. The van der Waals surface area contributed by atoms with Gasteiger partial charge in [0.1, 0.15) is 16.7 Å². The van der Waals surface area contributed by atoms with Crippen molar-refractivity contribution in [1.82, 2.24) is 0 Å². The highest BCUT2D eigenvalue weighted by Crippen LogP contribution is 2.50. The van der Waals surface area contributed by atoms with Gasteiger partial charge in [-0.05, 0) is 81.5 Å². The van der Waals surface area contributed by atoms with Crippen LogP contribution in [0, 0.1) is 0 Å². The topological polar surface area (TPSA) is 201 Å². The van der Waals surface area contributed by atoms with Gasteiger partial charge < -0.3 is 38.2 Å². The van der Waals surface area contributed by atoms with Crippen molar-refractivity contribution in [2.24, 2.45) is 0 Å². The summed E-state index contributed by atoms with van der Waals surface area (Å²) >= 11 is 0. The van der Waals surface area contributed by atoms with Gasteiger partial charge in [0, 0.05) is 88.4 Å². The maximum absolute atomic E-state index is 12.2. The number of anilines is 1. The lowest BCUT2D eigenvalue weighted by Gasteiger charge is -2.30. The van der Waals surface area contributed by atoms with Crippen molar-refractivity contribution in [1.29, 1.82) is 0 Å². The number of allylic oxidation sites excluding steroid dienone is 6. The van der Waals surface area contributed by atoms with E-state index in [9.17, 15) is 30.7 Å². The number of hydrogen-bond donors (Lipinski definition) is 2. The van der Waals surface area contributed by atoms with Crippen LogP contribution in [0.4, 0.5) is 11.4 Å². The van der Waals surface area contributed by atoms with E-state index < -0.39 is 37.0 Å². The van der Waals surface area contributed by atoms with Crippen molar-refractivity contribution < 1.29 is 64.1 Å². The summed E-state index contributed by atoms with van der Waals surface area (Å²) < 4.78 is 101. The van der Waals surface area contributed by atoms with Gasteiger partial charge >= 0.3 is 5.97 Å². The first-order valence-electron chi connectivity index (χ1n) is 19.6. The van der Waals surface area contributed by atoms with Gasteiger partial charge in [-0.15, -0.1) is 0 Å². The molecule has 17 heteroatoms. The van der Waals surface area contributed by atoms with E-state index in [1.807, 2.05) is 44.2 Å². The molecule has 0 bridgehead atoms. The minimum absolute atomic E-state index is 0.0597. The molecule has 2 unspecified atom stereocenters. The van der Waals surface area contributed by atoms with Gasteiger partial charge in [-0.1, -0.05) is 18.2 Å². The molecule has 0 saturated heterocycles. The van der Waals surface area contributed by atoms with E-state index in [0.717, 1.165) is 28.3 Å². The number of benzene rings is 2. The molecule has 0 saturated carbocycles. The Kier molecular flexibility index (Phi) is 17.6. The van der Waals surface area contributed by atoms with E-state index in [2.05, 4.69) is 9.48 Å². The van der Waals surface area contributed by atoms with Crippen molar-refractivity contribution in [2.45, 2.75) is 73.0 Å². The summed E-state index contributed by atoms with van der Waals surface area (Å²) in [6, 6.07) is 9.01. The zero-order chi connectivity index (χ0) is 43.3. The number of fused-ring (bicyclic) bond motifs is 2. The van der Waals surface area contributed by atoms with Crippen LogP contribution < -0.4 is 4.90 Å². The zero-order valence-electron chi connectivity index (χ0n) is 34.6. The van der Waals surface area contributed by atoms with Crippen molar-refractivity contribution in [3.8, 4) is 0 Å². The standard InChI is InChI=1S/C42H58N2O13S2/c1-41(19-23-56-28-26-54-4)34-30-32(58(47,48)49)15-17-36(34)43(21-11-7-10-14-40(45)46)38(41)12-8-6-9-13-39-42(2,20-24-57-29-27-55-5)35-31-33(59(50,51)52)16-18-37(35)44(39)22-25-53-3/h6,8-9,12-13,15-18,30-31H,7,10-11,14,19-29H2,1-5H3,(H2-,45,46,47,48,49,50,51,52). The average molecular weight is 863 g/mol. The number of ether oxygens (including phenoxy) is 5. The third-order valence-electron chi connectivity index (χ3n) is 10.9. The van der Waals surface area contributed by atoms with E-state index in [1.54, 1.807) is 33.5 Å². The highest BCUT2D eigenvalue weighted by atomic mass is 32.2. The summed E-state index contributed by atoms with van der Waals surface area (Å²) in [6.45, 7) is 7.62. The van der Waals surface area contributed by atoms with E-state index in [4.69, 9.17) is 28.8 Å². The molecular weight excluding hydrogens is 805 g/mol. The monoisotopic (exact) mass is 862 g/mol. The molecule has 2 aliphatic rings. The molecule has 2 heterocycles. The van der Waals surface area contributed by atoms with Crippen LogP contribution in [0.25, 0.3) is 0 Å². The van der Waals surface area contributed by atoms with Gasteiger partial charge in [-0.25, -0.2) is 8.42 Å². The Morgan fingerprint density at radius 1 is 0.780 bits per heavy atom. The predicted octanol–water partition coefficient (Wildman–Crippen LogP) is 5.37. The molecule has 2 atom stereocenters. The van der Waals surface area contributed by atoms with E-state index in [-0.39, 0.29) is 16.2 Å². The number of unbranched alkanes of at least 4 members (excludes halogenated alkanes) is 2. The Hall–Kier alpha value is -3.78. The molecule has 0 radical (unpaired) electrons. The number of rotatable bonds is 26. The lowest BCUT2D eigenvalue weighted by atomic mass is 9.76. The van der Waals surface area contributed by atoms with Crippen LogP contribution in [-0.4, -0.2) is 128 Å². The molecule has 15 nitrogen and oxygen atoms in total. The van der Waals surface area contributed by atoms with Gasteiger partial charge in [-0.3, -0.25) is 9.35 Å². The largest absolute Gasteiger partial charge is 0.744 e. The normalized spacial score (nSPS) is 20.1. The summed E-state index contributed by atoms with van der Waals surface area (Å²) in [5.41, 5.74) is 3.14. The highest BCUT2D eigenvalue weighted by molar-refractivity contribution is 7.86. The van der Waals surface area contributed by atoms with Crippen molar-refractivity contribution >= 4 is 43.3 Å². The second-order valence-corrected chi connectivity index (χ2v) is 17.6. The Balaban J connectivity index is 1.78. The van der Waals surface area contributed by atoms with Crippen molar-refractivity contribution in [3.05, 3.63) is 83.6 Å². The number of methoxy groups -OCH3 is 3. The van der Waals surface area contributed by atoms with Crippen LogP contribution >= 0.6 is 0 Å². The third-order valence-corrected chi connectivity index (χ3v) is 12.6. The minimum atomic E-state index is -4.75. The Bertz CT molecular complexity index is 2110. The number of carboxylic acid groups (broad SMARTS) is 1. The van der Waals surface area contributed by atoms with Crippen LogP contribution in [0.2, 0.25) is 0 Å². The SMILES string of the molecule is COCCOCCC1(C)C(=CC=CC=CC2=[N+](CCCCCC(=O)O)c3ccc(S(=O)(=O)[O-])cc3C2(C)CCOCCOC)N(CCOC)c2ccc(S(=O)(=O)O)cc21. The predicted molar refractivity (Wildman–Crippen MR) is 221 cm³/mol. The van der Waals surface area contributed by atoms with Gasteiger partial charge in [-0.2, -0.15) is 13.0 Å². The first kappa shape index (κ1) is 47.9. The molecule has 2 aromatic carbocycles. The fraction of sp³-hybridized carbons (Fsp3) is 0.524. The van der Waals surface area contributed by atoms with Crippen molar-refractivity contribution in [3.63, 3.8) is 0 Å². The number of hydrogen-bond acceptors (Lipinski definition) is 12. The summed E-state index contributed by atoms with van der Waals surface area (Å²) in [6.07, 6.45) is 12.4. The Morgan fingerprint density at radius 3 is 2.02 bits per heavy atom. The second kappa shape index (κ2) is 21.7. The fourth-order valence-corrected chi connectivity index (χ4v) is 8.70. The van der Waals surface area contributed by atoms with Crippen LogP contribution in [0.3, 0.4) is 0 Å². The van der Waals surface area contributed by atoms with Gasteiger partial charge in [0.25, 0.3) is 10.1 Å². The Morgan fingerprint density at radius 2 is 1.41 bits per heavy atom. The van der Waals surface area contributed by atoms with Gasteiger partial charge in [0.2, 0.25) is 5.69 Å². The summed E-state index contributed by atoms with van der Waals surface area (Å²) in [4.78, 5) is 12.7. The smallest absolute Gasteiger partial charge is 0.303 e. The van der Waals surface area contributed by atoms with Crippen LogP contribution in [0.1, 0.15) is 63.5 Å². The molecule has 59 heavy (non-hydrogen) atoms. The quantitative estimate of drug-likeness (QED) is 0.0530. The lowest BCUT2D eigenvalue weighted by Crippen LogP contribution is -2.33. The highest BCUT2D eigenvalue weighted by Gasteiger charge is 2.48. The maximum atomic E-state index is 12.2. The van der Waals surface area contributed by atoms with Crippen LogP contribution in [-0.2, 0) is 59.5 Å². The average Bonchev–Trinajstić information content (AvgIpc) is 3.55. The van der Waals surface area contributed by atoms with E-state index in [1.165, 1.54) is 24.3 Å². The first-order chi connectivity index (χ1) is 28.0. The summed E-state index contributed by atoms with van der Waals surface area (Å²) in [5.74, 6) is -0.859. The lowest BCUT2D eigenvalue weighted by molar-refractivity contribution is -0.438. The second-order valence-electron chi connectivity index (χ2n) is 14.8. The molecule has 2 aromatic rings. The summed E-state index contributed by atoms with van der Waals surface area (Å²) in [5, 5.41) is 9.16. The van der Waals surface area contributed by atoms with E-state index in [0.29, 0.717) is 97.0 Å². The number of carbonyl (C=O) groups is 1. The minimum Gasteiger partial charge on any atom is -0.744 e. The van der Waals surface area contributed by atoms with Gasteiger partial charge in [0.05, 0.1) is 48.2 Å².